The van der Waals surface area contributed by atoms with E-state index in [4.69, 9.17) is 13.9 Å². The molecule has 2 unspecified atom stereocenters. The van der Waals surface area contributed by atoms with Crippen LogP contribution in [0.5, 0.6) is 11.5 Å². The first-order chi connectivity index (χ1) is 15.2. The van der Waals surface area contributed by atoms with Crippen LogP contribution < -0.4 is 14.8 Å². The normalized spacial score (nSPS) is 22.0. The fourth-order valence-electron chi connectivity index (χ4n) is 4.54. The van der Waals surface area contributed by atoms with Crippen LogP contribution in [0.25, 0.3) is 0 Å². The van der Waals surface area contributed by atoms with Crippen molar-refractivity contribution < 1.29 is 18.7 Å². The smallest absolute Gasteiger partial charge is 0.227 e. The van der Waals surface area contributed by atoms with Crippen LogP contribution in [0.1, 0.15) is 36.1 Å². The first-order valence-electron chi connectivity index (χ1n) is 10.2. The van der Waals surface area contributed by atoms with E-state index < -0.39 is 0 Å². The number of hydrogen-bond acceptors (Lipinski definition) is 8. The summed E-state index contributed by atoms with van der Waals surface area (Å²) in [5.41, 5.74) is 2.52. The molecule has 0 bridgehead atoms. The van der Waals surface area contributed by atoms with Gasteiger partial charge >= 0.3 is 0 Å². The lowest BCUT2D eigenvalue weighted by molar-refractivity contribution is -0.117. The van der Waals surface area contributed by atoms with Crippen LogP contribution in [0.3, 0.4) is 0 Å². The molecule has 0 radical (unpaired) electrons. The monoisotopic (exact) mass is 436 g/mol. The number of benzene rings is 1. The molecule has 9 heteroatoms. The molecular formula is C22H20N4O4S. The minimum absolute atomic E-state index is 0.00385. The Hall–Kier alpha value is -3.20. The number of hydrogen-bond donors (Lipinski definition) is 1. The third-order valence-electron chi connectivity index (χ3n) is 5.91. The van der Waals surface area contributed by atoms with E-state index in [2.05, 4.69) is 15.4 Å². The lowest BCUT2D eigenvalue weighted by atomic mass is 9.79. The van der Waals surface area contributed by atoms with Crippen molar-refractivity contribution in [1.82, 2.24) is 14.8 Å². The van der Waals surface area contributed by atoms with Gasteiger partial charge in [-0.3, -0.25) is 4.79 Å². The predicted molar refractivity (Wildman–Crippen MR) is 114 cm³/mol. The molecule has 2 atom stereocenters. The first-order valence-corrected chi connectivity index (χ1v) is 11.4. The number of furan rings is 1. The van der Waals surface area contributed by atoms with Crippen LogP contribution in [0.4, 0.5) is 5.95 Å². The zero-order chi connectivity index (χ0) is 20.9. The molecule has 1 aliphatic carbocycles. The van der Waals surface area contributed by atoms with Crippen LogP contribution in [0.15, 0.2) is 57.4 Å². The average Bonchev–Trinajstić information content (AvgIpc) is 3.47. The Morgan fingerprint density at radius 1 is 1.16 bits per heavy atom. The minimum Gasteiger partial charge on any atom is -0.486 e. The number of thioether (sulfide) groups is 1. The zero-order valence-electron chi connectivity index (χ0n) is 16.8. The van der Waals surface area contributed by atoms with Crippen LogP contribution in [-0.4, -0.2) is 40.0 Å². The number of carbonyl (C=O) groups excluding carboxylic acids is 1. The molecule has 6 rings (SSSR count). The largest absolute Gasteiger partial charge is 0.486 e. The Kier molecular flexibility index (Phi) is 4.31. The molecule has 1 N–H and O–H groups in total. The van der Waals surface area contributed by atoms with Gasteiger partial charge in [0.15, 0.2) is 17.3 Å². The summed E-state index contributed by atoms with van der Waals surface area (Å²) in [7, 11) is 0. The van der Waals surface area contributed by atoms with Gasteiger partial charge in [0.25, 0.3) is 0 Å². The van der Waals surface area contributed by atoms with Crippen molar-refractivity contribution in [3.63, 3.8) is 0 Å². The van der Waals surface area contributed by atoms with Gasteiger partial charge in [0.2, 0.25) is 11.1 Å². The minimum atomic E-state index is -0.375. The molecule has 0 saturated heterocycles. The Morgan fingerprint density at radius 3 is 2.84 bits per heavy atom. The number of nitrogens with one attached hydrogen (secondary N) is 1. The molecule has 2 aliphatic heterocycles. The number of allylic oxidation sites excluding steroid dienone is 2. The molecule has 0 fully saturated rings. The predicted octanol–water partition coefficient (Wildman–Crippen LogP) is 3.78. The second-order valence-electron chi connectivity index (χ2n) is 7.73. The molecule has 1 aromatic carbocycles. The topological polar surface area (TPSA) is 91.4 Å². The lowest BCUT2D eigenvalue weighted by Gasteiger charge is -2.34. The van der Waals surface area contributed by atoms with Gasteiger partial charge in [-0.15, -0.1) is 5.10 Å². The SMILES string of the molecule is CSc1nc2n(n1)C(c1ccc3c(c1)OCCO3)C1=C(CC(c3ccco3)CC1=O)N2. The second-order valence-corrected chi connectivity index (χ2v) is 8.51. The van der Waals surface area contributed by atoms with Crippen LogP contribution >= 0.6 is 11.8 Å². The van der Waals surface area contributed by atoms with E-state index in [1.807, 2.05) is 36.6 Å². The van der Waals surface area contributed by atoms with E-state index in [1.165, 1.54) is 11.8 Å². The first kappa shape index (κ1) is 18.6. The van der Waals surface area contributed by atoms with Gasteiger partial charge in [-0.25, -0.2) is 4.68 Å². The van der Waals surface area contributed by atoms with Gasteiger partial charge in [-0.2, -0.15) is 4.98 Å². The molecule has 31 heavy (non-hydrogen) atoms. The van der Waals surface area contributed by atoms with Crippen molar-refractivity contribution >= 4 is 23.5 Å². The number of aromatic nitrogens is 3. The van der Waals surface area contributed by atoms with Gasteiger partial charge in [0, 0.05) is 23.6 Å². The highest BCUT2D eigenvalue weighted by molar-refractivity contribution is 7.98. The van der Waals surface area contributed by atoms with E-state index in [0.29, 0.717) is 42.9 Å². The molecule has 3 aliphatic rings. The Labute approximate surface area is 182 Å². The average molecular weight is 436 g/mol. The summed E-state index contributed by atoms with van der Waals surface area (Å²) in [4.78, 5) is 18.0. The number of rotatable bonds is 3. The summed E-state index contributed by atoms with van der Waals surface area (Å²) in [6, 6.07) is 9.24. The molecular weight excluding hydrogens is 416 g/mol. The third kappa shape index (κ3) is 3.03. The van der Waals surface area contributed by atoms with Crippen LogP contribution in [0, 0.1) is 0 Å². The lowest BCUT2D eigenvalue weighted by Crippen LogP contribution is -2.33. The molecule has 4 heterocycles. The van der Waals surface area contributed by atoms with Crippen LogP contribution in [-0.2, 0) is 4.79 Å². The summed E-state index contributed by atoms with van der Waals surface area (Å²) in [5, 5.41) is 8.69. The molecule has 0 spiro atoms. The molecule has 2 aromatic heterocycles. The van der Waals surface area contributed by atoms with Gasteiger partial charge in [0.05, 0.1) is 6.26 Å². The maximum atomic E-state index is 13.4. The number of anilines is 1. The highest BCUT2D eigenvalue weighted by Crippen LogP contribution is 2.45. The van der Waals surface area contributed by atoms with Gasteiger partial charge in [-0.05, 0) is 42.5 Å². The Bertz CT molecular complexity index is 1200. The highest BCUT2D eigenvalue weighted by Gasteiger charge is 2.40. The van der Waals surface area contributed by atoms with Crippen molar-refractivity contribution in [3.05, 3.63) is 59.2 Å². The summed E-state index contributed by atoms with van der Waals surface area (Å²) < 4.78 is 18.9. The maximum Gasteiger partial charge on any atom is 0.227 e. The van der Waals surface area contributed by atoms with Crippen molar-refractivity contribution in [2.24, 2.45) is 0 Å². The van der Waals surface area contributed by atoms with E-state index in [9.17, 15) is 4.79 Å². The number of ketones is 1. The zero-order valence-corrected chi connectivity index (χ0v) is 17.6. The van der Waals surface area contributed by atoms with Crippen LogP contribution in [0.2, 0.25) is 0 Å². The molecule has 8 nitrogen and oxygen atoms in total. The molecule has 0 amide bonds. The summed E-state index contributed by atoms with van der Waals surface area (Å²) in [5.74, 6) is 2.96. The van der Waals surface area contributed by atoms with E-state index in [-0.39, 0.29) is 17.7 Å². The van der Waals surface area contributed by atoms with Crippen molar-refractivity contribution in [1.29, 1.82) is 0 Å². The molecule has 0 saturated carbocycles. The van der Waals surface area contributed by atoms with Crippen molar-refractivity contribution in [2.75, 3.05) is 24.8 Å². The fourth-order valence-corrected chi connectivity index (χ4v) is 4.89. The maximum absolute atomic E-state index is 13.4. The number of fused-ring (bicyclic) bond motifs is 2. The van der Waals surface area contributed by atoms with E-state index in [0.717, 1.165) is 28.3 Å². The third-order valence-corrected chi connectivity index (χ3v) is 6.45. The number of nitrogens with zero attached hydrogens (tertiary/aromatic N) is 3. The van der Waals surface area contributed by atoms with Gasteiger partial charge in [-0.1, -0.05) is 17.8 Å². The quantitative estimate of drug-likeness (QED) is 0.621. The standard InChI is InChI=1S/C22H20N4O4S/c1-31-22-24-21-23-14-9-13(16-3-2-6-28-16)10-15(27)19(14)20(26(21)25-22)12-4-5-17-18(11-12)30-8-7-29-17/h2-6,11,13,20H,7-10H2,1H3,(H,23,24,25). The molecule has 3 aromatic rings. The van der Waals surface area contributed by atoms with Crippen molar-refractivity contribution in [3.8, 4) is 11.5 Å². The number of Topliss-reactive ketones (excluding diaryl/α,β-unsaturated/α-hetero) is 1. The summed E-state index contributed by atoms with van der Waals surface area (Å²) in [6.07, 6.45) is 4.66. The van der Waals surface area contributed by atoms with E-state index >= 15 is 0 Å². The van der Waals surface area contributed by atoms with Gasteiger partial charge < -0.3 is 19.2 Å². The summed E-state index contributed by atoms with van der Waals surface area (Å²) >= 11 is 1.47. The Balaban J connectivity index is 1.48. The van der Waals surface area contributed by atoms with E-state index in [1.54, 1.807) is 10.9 Å². The number of carbonyl (C=O) groups is 1. The highest BCUT2D eigenvalue weighted by atomic mass is 32.2. The number of ether oxygens (including phenoxy) is 2. The summed E-state index contributed by atoms with van der Waals surface area (Å²) in [6.45, 7) is 1.04. The Morgan fingerprint density at radius 2 is 2.03 bits per heavy atom. The van der Waals surface area contributed by atoms with Crippen molar-refractivity contribution in [2.45, 2.75) is 30.0 Å². The van der Waals surface area contributed by atoms with Gasteiger partial charge in [0.1, 0.15) is 25.0 Å². The second kappa shape index (κ2) is 7.19. The fraction of sp³-hybridized carbons (Fsp3) is 0.318. The molecule has 158 valence electrons.